The van der Waals surface area contributed by atoms with E-state index in [4.69, 9.17) is 15.6 Å². The molecule has 3 N–H and O–H groups in total. The lowest BCUT2D eigenvalue weighted by Crippen LogP contribution is -2.38. The number of nitrogens with one attached hydrogen (secondary N) is 1. The fourth-order valence-electron chi connectivity index (χ4n) is 5.50. The zero-order valence-electron chi connectivity index (χ0n) is 23.5. The van der Waals surface area contributed by atoms with E-state index in [-0.39, 0.29) is 30.2 Å². The molecule has 2 aromatic carbocycles. The van der Waals surface area contributed by atoms with E-state index >= 15 is 0 Å². The van der Waals surface area contributed by atoms with Crippen LogP contribution in [0.2, 0.25) is 0 Å². The first-order chi connectivity index (χ1) is 20.8. The molecular weight excluding hydrogens is 555 g/mol. The molecule has 1 aliphatic rings. The standard InChI is InChI=1S/C29H29FN10O3/c1-38(29(42)39-16-32-14-36-39)20-8-9-21(12-20)40-27-24(26(31)34-15-35-27)25(37-40)18-5-3-17(4-6-18)13-33-28(41)22-11-19(30)7-10-23(22)43-2/h3-7,10-11,14-16,20-21H,8-9,12-13H2,1-2H3,(H,33,41)(H2,31,34,35)/t20-,21+/m1/s1. The summed E-state index contributed by atoms with van der Waals surface area (Å²) < 4.78 is 22.0. The Labute approximate surface area is 245 Å². The number of carbonyl (C=O) groups excluding carboxylic acids is 2. The van der Waals surface area contributed by atoms with Crippen molar-refractivity contribution in [2.45, 2.75) is 37.9 Å². The van der Waals surface area contributed by atoms with Gasteiger partial charge in [0.15, 0.2) is 5.65 Å². The molecule has 13 nitrogen and oxygen atoms in total. The van der Waals surface area contributed by atoms with E-state index in [1.165, 1.54) is 42.9 Å². The summed E-state index contributed by atoms with van der Waals surface area (Å²) in [7, 11) is 3.19. The third-order valence-electron chi connectivity index (χ3n) is 7.79. The number of carbonyl (C=O) groups is 2. The molecule has 3 aromatic heterocycles. The average molecular weight is 585 g/mol. The summed E-state index contributed by atoms with van der Waals surface area (Å²) in [4.78, 5) is 39.7. The first-order valence-electron chi connectivity index (χ1n) is 13.7. The third-order valence-corrected chi connectivity index (χ3v) is 7.79. The zero-order chi connectivity index (χ0) is 30.1. The van der Waals surface area contributed by atoms with Crippen molar-refractivity contribution in [2.24, 2.45) is 0 Å². The van der Waals surface area contributed by atoms with Gasteiger partial charge in [0.2, 0.25) is 0 Å². The second kappa shape index (κ2) is 11.5. The van der Waals surface area contributed by atoms with Gasteiger partial charge < -0.3 is 20.7 Å². The lowest BCUT2D eigenvalue weighted by Gasteiger charge is -2.24. The molecule has 0 radical (unpaired) electrons. The molecule has 0 bridgehead atoms. The van der Waals surface area contributed by atoms with E-state index < -0.39 is 11.7 Å². The Morgan fingerprint density at radius 3 is 2.70 bits per heavy atom. The van der Waals surface area contributed by atoms with Crippen LogP contribution in [0.1, 0.15) is 41.2 Å². The second-order valence-electron chi connectivity index (χ2n) is 10.3. The number of aromatic nitrogens is 7. The highest BCUT2D eigenvalue weighted by Crippen LogP contribution is 2.38. The molecule has 0 aliphatic heterocycles. The van der Waals surface area contributed by atoms with Crippen molar-refractivity contribution in [2.75, 3.05) is 19.9 Å². The molecular formula is C29H29FN10O3. The molecule has 43 heavy (non-hydrogen) atoms. The van der Waals surface area contributed by atoms with Crippen LogP contribution in [0, 0.1) is 5.82 Å². The van der Waals surface area contributed by atoms with E-state index in [0.29, 0.717) is 34.7 Å². The van der Waals surface area contributed by atoms with Gasteiger partial charge in [-0.15, -0.1) is 0 Å². The minimum atomic E-state index is -0.523. The van der Waals surface area contributed by atoms with Gasteiger partial charge in [-0.3, -0.25) is 4.79 Å². The first kappa shape index (κ1) is 27.8. The molecule has 1 aliphatic carbocycles. The van der Waals surface area contributed by atoms with Gasteiger partial charge in [0.05, 0.1) is 24.1 Å². The highest BCUT2D eigenvalue weighted by Gasteiger charge is 2.34. The van der Waals surface area contributed by atoms with Crippen LogP contribution >= 0.6 is 0 Å². The fraction of sp³-hybridized carbons (Fsp3) is 0.276. The van der Waals surface area contributed by atoms with Crippen molar-refractivity contribution >= 4 is 28.8 Å². The summed E-state index contributed by atoms with van der Waals surface area (Å²) >= 11 is 0. The minimum absolute atomic E-state index is 0.00385. The van der Waals surface area contributed by atoms with E-state index in [1.807, 2.05) is 28.9 Å². The van der Waals surface area contributed by atoms with Gasteiger partial charge in [-0.2, -0.15) is 14.9 Å². The van der Waals surface area contributed by atoms with Crippen molar-refractivity contribution in [3.8, 4) is 17.0 Å². The molecule has 0 saturated heterocycles. The van der Waals surface area contributed by atoms with Gasteiger partial charge in [-0.05, 0) is 43.0 Å². The Bertz CT molecular complexity index is 1790. The lowest BCUT2D eigenvalue weighted by molar-refractivity contribution is 0.0947. The number of ether oxygens (including phenoxy) is 1. The van der Waals surface area contributed by atoms with E-state index in [9.17, 15) is 14.0 Å². The number of nitrogens with two attached hydrogens (primary N) is 1. The molecule has 0 spiro atoms. The summed E-state index contributed by atoms with van der Waals surface area (Å²) in [6.07, 6.45) is 6.42. The molecule has 0 unspecified atom stereocenters. The number of anilines is 1. The Morgan fingerprint density at radius 1 is 1.14 bits per heavy atom. The third kappa shape index (κ3) is 5.34. The van der Waals surface area contributed by atoms with Crippen molar-refractivity contribution in [3.63, 3.8) is 0 Å². The number of fused-ring (bicyclic) bond motifs is 1. The van der Waals surface area contributed by atoms with Gasteiger partial charge in [0.25, 0.3) is 5.91 Å². The first-order valence-corrected chi connectivity index (χ1v) is 13.7. The molecule has 1 saturated carbocycles. The predicted octanol–water partition coefficient (Wildman–Crippen LogP) is 3.44. The van der Waals surface area contributed by atoms with Gasteiger partial charge in [-0.1, -0.05) is 24.3 Å². The maximum atomic E-state index is 13.7. The summed E-state index contributed by atoms with van der Waals surface area (Å²) in [6.45, 7) is 0.226. The highest BCUT2D eigenvalue weighted by molar-refractivity contribution is 5.98. The topological polar surface area (TPSA) is 159 Å². The monoisotopic (exact) mass is 584 g/mol. The van der Waals surface area contributed by atoms with Gasteiger partial charge in [0, 0.05) is 25.2 Å². The Kier molecular flexibility index (Phi) is 7.40. The number of hydrogen-bond donors (Lipinski definition) is 2. The van der Waals surface area contributed by atoms with Crippen LogP contribution in [0.3, 0.4) is 0 Å². The number of methoxy groups -OCH3 is 1. The number of rotatable bonds is 7. The predicted molar refractivity (Wildman–Crippen MR) is 155 cm³/mol. The average Bonchev–Trinajstić information content (AvgIpc) is 3.80. The van der Waals surface area contributed by atoms with Gasteiger partial charge in [-0.25, -0.2) is 28.8 Å². The molecule has 6 rings (SSSR count). The summed E-state index contributed by atoms with van der Waals surface area (Å²) in [5, 5.41) is 12.4. The molecule has 3 heterocycles. The second-order valence-corrected chi connectivity index (χ2v) is 10.3. The number of halogens is 1. The van der Waals surface area contributed by atoms with E-state index in [2.05, 4.69) is 25.4 Å². The van der Waals surface area contributed by atoms with Gasteiger partial charge in [0.1, 0.15) is 42.1 Å². The number of nitrogen functional groups attached to an aromatic ring is 1. The smallest absolute Gasteiger partial charge is 0.346 e. The van der Waals surface area contributed by atoms with Crippen molar-refractivity contribution in [1.29, 1.82) is 0 Å². The number of hydrogen-bond acceptors (Lipinski definition) is 9. The van der Waals surface area contributed by atoms with Crippen LogP contribution in [0.15, 0.2) is 61.4 Å². The Balaban J connectivity index is 1.20. The zero-order valence-corrected chi connectivity index (χ0v) is 23.5. The molecule has 220 valence electrons. The highest BCUT2D eigenvalue weighted by atomic mass is 19.1. The SMILES string of the molecule is COc1ccc(F)cc1C(=O)NCc1ccc(-c2nn([C@H]3CC[C@@H](N(C)C(=O)n4cncn4)C3)c3ncnc(N)c23)cc1. The van der Waals surface area contributed by atoms with Crippen LogP contribution in [0.5, 0.6) is 5.75 Å². The molecule has 1 fully saturated rings. The van der Waals surface area contributed by atoms with Crippen molar-refractivity contribution in [3.05, 3.63) is 78.4 Å². The normalized spacial score (nSPS) is 16.3. The molecule has 5 aromatic rings. The molecule has 2 atom stereocenters. The summed E-state index contributed by atoms with van der Waals surface area (Å²) in [5.41, 5.74) is 9.34. The van der Waals surface area contributed by atoms with E-state index in [1.54, 1.807) is 11.9 Å². The number of nitrogens with zero attached hydrogens (tertiary/aromatic N) is 8. The summed E-state index contributed by atoms with van der Waals surface area (Å²) in [6, 6.07) is 11.1. The molecule has 14 heteroatoms. The van der Waals surface area contributed by atoms with Crippen molar-refractivity contribution < 1.29 is 18.7 Å². The van der Waals surface area contributed by atoms with Crippen LogP contribution in [0.4, 0.5) is 15.0 Å². The van der Waals surface area contributed by atoms with Crippen molar-refractivity contribution in [1.82, 2.24) is 44.7 Å². The van der Waals surface area contributed by atoms with Crippen LogP contribution in [-0.4, -0.2) is 71.6 Å². The number of amides is 2. The summed E-state index contributed by atoms with van der Waals surface area (Å²) in [5.74, 6) is -0.359. The fourth-order valence-corrected chi connectivity index (χ4v) is 5.50. The minimum Gasteiger partial charge on any atom is -0.496 e. The van der Waals surface area contributed by atoms with Crippen LogP contribution in [-0.2, 0) is 6.54 Å². The van der Waals surface area contributed by atoms with E-state index in [0.717, 1.165) is 30.0 Å². The maximum absolute atomic E-state index is 13.7. The number of benzene rings is 2. The Hall–Kier alpha value is -5.40. The van der Waals surface area contributed by atoms with Crippen LogP contribution in [0.25, 0.3) is 22.3 Å². The largest absolute Gasteiger partial charge is 0.496 e. The quantitative estimate of drug-likeness (QED) is 0.292. The Morgan fingerprint density at radius 2 is 1.95 bits per heavy atom. The molecule has 2 amide bonds. The maximum Gasteiger partial charge on any atom is 0.346 e. The lowest BCUT2D eigenvalue weighted by atomic mass is 10.1. The van der Waals surface area contributed by atoms with Gasteiger partial charge >= 0.3 is 6.03 Å². The van der Waals surface area contributed by atoms with Crippen LogP contribution < -0.4 is 15.8 Å².